The van der Waals surface area contributed by atoms with Crippen LogP contribution in [0.25, 0.3) is 0 Å². The monoisotopic (exact) mass is 347 g/mol. The van der Waals surface area contributed by atoms with E-state index in [-0.39, 0.29) is 5.92 Å². The standard InChI is InChI=1S/C13H15BrClNO3/c1-3-7(2)11(13(18)19)16-12(17)9-6-8(15)4-5-10(9)14/h4-7,11H,3H2,1-2H3,(H,16,17)(H,18,19)/t7-,11-/m0/s1. The lowest BCUT2D eigenvalue weighted by Gasteiger charge is -2.20. The van der Waals surface area contributed by atoms with Gasteiger partial charge in [-0.2, -0.15) is 0 Å². The summed E-state index contributed by atoms with van der Waals surface area (Å²) in [6.07, 6.45) is 0.661. The average molecular weight is 349 g/mol. The van der Waals surface area contributed by atoms with Gasteiger partial charge in [0, 0.05) is 9.50 Å². The first kappa shape index (κ1) is 16.0. The molecule has 0 aliphatic carbocycles. The molecule has 2 atom stereocenters. The number of amides is 1. The Morgan fingerprint density at radius 2 is 2.11 bits per heavy atom. The molecule has 1 rings (SSSR count). The van der Waals surface area contributed by atoms with Gasteiger partial charge < -0.3 is 10.4 Å². The Kier molecular flexibility index (Phi) is 5.82. The SMILES string of the molecule is CC[C@H](C)[C@H](NC(=O)c1cc(Cl)ccc1Br)C(=O)O. The van der Waals surface area contributed by atoms with Gasteiger partial charge in [-0.3, -0.25) is 4.79 Å². The van der Waals surface area contributed by atoms with Gasteiger partial charge in [0.25, 0.3) is 5.91 Å². The first-order valence-electron chi connectivity index (χ1n) is 5.85. The maximum atomic E-state index is 12.1. The second-order valence-corrected chi connectivity index (χ2v) is 5.59. The van der Waals surface area contributed by atoms with Crippen LogP contribution in [0, 0.1) is 5.92 Å². The summed E-state index contributed by atoms with van der Waals surface area (Å²) in [5.74, 6) is -1.65. The zero-order valence-corrected chi connectivity index (χ0v) is 13.0. The summed E-state index contributed by atoms with van der Waals surface area (Å²) < 4.78 is 0.572. The molecule has 0 unspecified atom stereocenters. The lowest BCUT2D eigenvalue weighted by molar-refractivity contribution is -0.140. The van der Waals surface area contributed by atoms with Crippen molar-refractivity contribution in [2.75, 3.05) is 0 Å². The van der Waals surface area contributed by atoms with Gasteiger partial charge >= 0.3 is 5.97 Å². The summed E-state index contributed by atoms with van der Waals surface area (Å²) >= 11 is 9.08. The van der Waals surface area contributed by atoms with Crippen molar-refractivity contribution in [3.63, 3.8) is 0 Å². The van der Waals surface area contributed by atoms with Crippen LogP contribution in [0.15, 0.2) is 22.7 Å². The van der Waals surface area contributed by atoms with Crippen LogP contribution >= 0.6 is 27.5 Å². The molecule has 104 valence electrons. The molecule has 1 amide bonds. The highest BCUT2D eigenvalue weighted by atomic mass is 79.9. The molecule has 0 aromatic heterocycles. The van der Waals surface area contributed by atoms with E-state index in [0.717, 1.165) is 0 Å². The predicted octanol–water partition coefficient (Wildman–Crippen LogP) is 3.33. The van der Waals surface area contributed by atoms with Crippen molar-refractivity contribution in [1.82, 2.24) is 5.32 Å². The third-order valence-electron chi connectivity index (χ3n) is 2.94. The third-order valence-corrected chi connectivity index (χ3v) is 3.87. The van der Waals surface area contributed by atoms with Gasteiger partial charge in [0.2, 0.25) is 0 Å². The molecule has 0 saturated carbocycles. The summed E-state index contributed by atoms with van der Waals surface area (Å²) in [6, 6.07) is 3.88. The number of benzene rings is 1. The van der Waals surface area contributed by atoms with Crippen molar-refractivity contribution in [3.8, 4) is 0 Å². The molecule has 0 spiro atoms. The van der Waals surface area contributed by atoms with Crippen molar-refractivity contribution in [2.24, 2.45) is 5.92 Å². The van der Waals surface area contributed by atoms with Gasteiger partial charge in [0.05, 0.1) is 5.56 Å². The minimum Gasteiger partial charge on any atom is -0.480 e. The molecule has 6 heteroatoms. The number of carbonyl (C=O) groups is 2. The first-order chi connectivity index (χ1) is 8.86. The van der Waals surface area contributed by atoms with Crippen molar-refractivity contribution in [3.05, 3.63) is 33.3 Å². The lowest BCUT2D eigenvalue weighted by atomic mass is 9.99. The van der Waals surface area contributed by atoms with E-state index in [2.05, 4.69) is 21.2 Å². The Morgan fingerprint density at radius 1 is 1.47 bits per heavy atom. The molecule has 0 aliphatic heterocycles. The van der Waals surface area contributed by atoms with E-state index in [9.17, 15) is 9.59 Å². The number of hydrogen-bond donors (Lipinski definition) is 2. The Labute approximate surface area is 125 Å². The van der Waals surface area contributed by atoms with Crippen molar-refractivity contribution in [1.29, 1.82) is 0 Å². The molecule has 0 radical (unpaired) electrons. The van der Waals surface area contributed by atoms with E-state index >= 15 is 0 Å². The number of halogens is 2. The summed E-state index contributed by atoms with van der Waals surface area (Å²) in [4.78, 5) is 23.3. The van der Waals surface area contributed by atoms with Crippen molar-refractivity contribution in [2.45, 2.75) is 26.3 Å². The minimum atomic E-state index is -1.04. The quantitative estimate of drug-likeness (QED) is 0.857. The summed E-state index contributed by atoms with van der Waals surface area (Å²) in [6.45, 7) is 3.66. The van der Waals surface area contributed by atoms with E-state index in [4.69, 9.17) is 16.7 Å². The first-order valence-corrected chi connectivity index (χ1v) is 7.02. The Bertz CT molecular complexity index is 493. The fourth-order valence-corrected chi connectivity index (χ4v) is 2.17. The van der Waals surface area contributed by atoms with Gasteiger partial charge in [-0.05, 0) is 40.0 Å². The number of nitrogens with one attached hydrogen (secondary N) is 1. The minimum absolute atomic E-state index is 0.153. The highest BCUT2D eigenvalue weighted by molar-refractivity contribution is 9.10. The van der Waals surface area contributed by atoms with E-state index in [0.29, 0.717) is 21.5 Å². The van der Waals surface area contributed by atoms with Crippen molar-refractivity contribution < 1.29 is 14.7 Å². The van der Waals surface area contributed by atoms with Crippen LogP contribution in [0.2, 0.25) is 5.02 Å². The predicted molar refractivity (Wildman–Crippen MR) is 77.5 cm³/mol. The highest BCUT2D eigenvalue weighted by Gasteiger charge is 2.26. The van der Waals surface area contributed by atoms with Crippen LogP contribution in [-0.2, 0) is 4.79 Å². The smallest absolute Gasteiger partial charge is 0.326 e. The molecule has 0 aliphatic rings. The number of carbonyl (C=O) groups excluding carboxylic acids is 1. The Morgan fingerprint density at radius 3 is 2.63 bits per heavy atom. The molecular weight excluding hydrogens is 334 g/mol. The normalized spacial score (nSPS) is 13.7. The van der Waals surface area contributed by atoms with Crippen LogP contribution in [0.5, 0.6) is 0 Å². The molecule has 0 bridgehead atoms. The maximum Gasteiger partial charge on any atom is 0.326 e. The van der Waals surface area contributed by atoms with Crippen LogP contribution in [-0.4, -0.2) is 23.0 Å². The Balaban J connectivity index is 2.94. The lowest BCUT2D eigenvalue weighted by Crippen LogP contribution is -2.45. The van der Waals surface area contributed by atoms with Gasteiger partial charge in [-0.1, -0.05) is 31.9 Å². The van der Waals surface area contributed by atoms with E-state index in [1.54, 1.807) is 19.1 Å². The molecule has 0 saturated heterocycles. The second kappa shape index (κ2) is 6.91. The van der Waals surface area contributed by atoms with Crippen LogP contribution in [0.4, 0.5) is 0 Å². The van der Waals surface area contributed by atoms with E-state index in [1.807, 2.05) is 6.92 Å². The second-order valence-electron chi connectivity index (χ2n) is 4.30. The summed E-state index contributed by atoms with van der Waals surface area (Å²) in [7, 11) is 0. The fourth-order valence-electron chi connectivity index (χ4n) is 1.57. The molecule has 19 heavy (non-hydrogen) atoms. The summed E-state index contributed by atoms with van der Waals surface area (Å²) in [5, 5.41) is 12.1. The van der Waals surface area contributed by atoms with Crippen LogP contribution < -0.4 is 5.32 Å². The molecule has 4 nitrogen and oxygen atoms in total. The Hall–Kier alpha value is -1.07. The van der Waals surface area contributed by atoms with Gasteiger partial charge in [-0.15, -0.1) is 0 Å². The molecular formula is C13H15BrClNO3. The zero-order chi connectivity index (χ0) is 14.6. The highest BCUT2D eigenvalue weighted by Crippen LogP contribution is 2.21. The largest absolute Gasteiger partial charge is 0.480 e. The number of rotatable bonds is 5. The average Bonchev–Trinajstić information content (AvgIpc) is 2.37. The van der Waals surface area contributed by atoms with E-state index in [1.165, 1.54) is 6.07 Å². The van der Waals surface area contributed by atoms with Crippen LogP contribution in [0.3, 0.4) is 0 Å². The number of hydrogen-bond acceptors (Lipinski definition) is 2. The molecule has 0 fully saturated rings. The number of aliphatic carboxylic acids is 1. The molecule has 2 N–H and O–H groups in total. The van der Waals surface area contributed by atoms with E-state index < -0.39 is 17.9 Å². The number of carboxylic acids is 1. The topological polar surface area (TPSA) is 66.4 Å². The van der Waals surface area contributed by atoms with Gasteiger partial charge in [0.15, 0.2) is 0 Å². The van der Waals surface area contributed by atoms with Crippen molar-refractivity contribution >= 4 is 39.4 Å². The zero-order valence-electron chi connectivity index (χ0n) is 10.6. The van der Waals surface area contributed by atoms with Gasteiger partial charge in [-0.25, -0.2) is 4.79 Å². The number of carboxylic acid groups (broad SMARTS) is 1. The molecule has 0 heterocycles. The van der Waals surface area contributed by atoms with Crippen LogP contribution in [0.1, 0.15) is 30.6 Å². The summed E-state index contributed by atoms with van der Waals surface area (Å²) in [5.41, 5.74) is 0.321. The maximum absolute atomic E-state index is 12.1. The van der Waals surface area contributed by atoms with Gasteiger partial charge in [0.1, 0.15) is 6.04 Å². The molecule has 1 aromatic carbocycles. The fraction of sp³-hybridized carbons (Fsp3) is 0.385. The molecule has 1 aromatic rings. The third kappa shape index (κ3) is 4.21.